The number of sulfonamides is 1. The zero-order valence-corrected chi connectivity index (χ0v) is 10.5. The number of nitrogen functional groups attached to an aromatic ring is 1. The van der Waals surface area contributed by atoms with E-state index in [1.807, 2.05) is 0 Å². The third-order valence-electron chi connectivity index (χ3n) is 2.17. The minimum Gasteiger partial charge on any atom is -0.393 e. The summed E-state index contributed by atoms with van der Waals surface area (Å²) in [7, 11) is -3.95. The zero-order valence-electron chi connectivity index (χ0n) is 9.70. The van der Waals surface area contributed by atoms with E-state index in [0.717, 1.165) is 18.2 Å². The number of hydrogen-bond donors (Lipinski definition) is 3. The quantitative estimate of drug-likeness (QED) is 0.357. The van der Waals surface area contributed by atoms with Crippen LogP contribution in [0.3, 0.4) is 0 Å². The third kappa shape index (κ3) is 3.89. The summed E-state index contributed by atoms with van der Waals surface area (Å²) >= 11 is 0. The molecule has 1 amide bonds. The number of carbonyl (C=O) groups is 1. The fourth-order valence-electron chi connectivity index (χ4n) is 1.24. The smallest absolute Gasteiger partial charge is 0.293 e. The number of rotatable bonds is 6. The molecule has 0 aliphatic carbocycles. The van der Waals surface area contributed by atoms with Gasteiger partial charge in [-0.15, -0.1) is 0 Å². The van der Waals surface area contributed by atoms with Crippen LogP contribution >= 0.6 is 0 Å². The summed E-state index contributed by atoms with van der Waals surface area (Å²) in [4.78, 5) is 20.1. The molecule has 0 aliphatic rings. The Morgan fingerprint density at radius 2 is 2.05 bits per heavy atom. The molecule has 0 aromatic heterocycles. The van der Waals surface area contributed by atoms with Crippen molar-refractivity contribution in [2.24, 2.45) is 5.73 Å². The molecule has 19 heavy (non-hydrogen) atoms. The number of hydrogen-bond acceptors (Lipinski definition) is 6. The Hall–Kier alpha value is -2.20. The zero-order chi connectivity index (χ0) is 14.6. The maximum Gasteiger partial charge on any atom is 0.293 e. The number of nitro groups is 1. The predicted molar refractivity (Wildman–Crippen MR) is 66.5 cm³/mol. The van der Waals surface area contributed by atoms with Crippen molar-refractivity contribution in [3.63, 3.8) is 0 Å². The second-order valence-electron chi connectivity index (χ2n) is 3.59. The van der Waals surface area contributed by atoms with Crippen LogP contribution in [0.2, 0.25) is 0 Å². The Morgan fingerprint density at radius 1 is 1.42 bits per heavy atom. The van der Waals surface area contributed by atoms with Crippen molar-refractivity contribution in [1.82, 2.24) is 4.72 Å². The first kappa shape index (κ1) is 14.9. The van der Waals surface area contributed by atoms with Crippen LogP contribution in [-0.2, 0) is 14.8 Å². The van der Waals surface area contributed by atoms with Crippen molar-refractivity contribution in [2.75, 3.05) is 12.3 Å². The van der Waals surface area contributed by atoms with Crippen LogP contribution in [0.15, 0.2) is 23.1 Å². The number of carbonyl (C=O) groups excluding carboxylic acids is 1. The van der Waals surface area contributed by atoms with Crippen LogP contribution in [0.4, 0.5) is 11.4 Å². The van der Waals surface area contributed by atoms with Crippen molar-refractivity contribution in [2.45, 2.75) is 11.3 Å². The highest BCUT2D eigenvalue weighted by Gasteiger charge is 2.19. The molecule has 0 atom stereocenters. The molecule has 104 valence electrons. The third-order valence-corrected chi connectivity index (χ3v) is 3.63. The van der Waals surface area contributed by atoms with Crippen LogP contribution in [0.5, 0.6) is 0 Å². The molecule has 10 heteroatoms. The highest BCUT2D eigenvalue weighted by atomic mass is 32.2. The van der Waals surface area contributed by atoms with Gasteiger partial charge >= 0.3 is 0 Å². The molecule has 0 radical (unpaired) electrons. The summed E-state index contributed by atoms with van der Waals surface area (Å²) in [6.07, 6.45) is -0.170. The van der Waals surface area contributed by atoms with Gasteiger partial charge in [-0.2, -0.15) is 0 Å². The Bertz CT molecular complexity index is 613. The molecule has 0 saturated carbocycles. The minimum atomic E-state index is -3.95. The number of anilines is 1. The number of nitrogens with zero attached hydrogens (tertiary/aromatic N) is 1. The largest absolute Gasteiger partial charge is 0.393 e. The van der Waals surface area contributed by atoms with Crippen LogP contribution in [0.25, 0.3) is 0 Å². The maximum atomic E-state index is 11.8. The van der Waals surface area contributed by atoms with Gasteiger partial charge in [-0.25, -0.2) is 13.1 Å². The number of nitro benzene ring substituents is 1. The Labute approximate surface area is 108 Å². The number of nitrogens with two attached hydrogens (primary N) is 2. The second kappa shape index (κ2) is 5.63. The van der Waals surface area contributed by atoms with Gasteiger partial charge in [0.25, 0.3) is 5.69 Å². The summed E-state index contributed by atoms with van der Waals surface area (Å²) in [5.74, 6) is -0.661. The lowest BCUT2D eigenvalue weighted by molar-refractivity contribution is -0.384. The SMILES string of the molecule is NC(=O)CCNS(=O)(=O)c1ccc(N)c([N+](=O)[O-])c1. The lowest BCUT2D eigenvalue weighted by atomic mass is 10.3. The summed E-state index contributed by atoms with van der Waals surface area (Å²) < 4.78 is 25.6. The van der Waals surface area contributed by atoms with Crippen LogP contribution < -0.4 is 16.2 Å². The summed E-state index contributed by atoms with van der Waals surface area (Å²) in [6, 6.07) is 3.11. The lowest BCUT2D eigenvalue weighted by Gasteiger charge is -2.06. The van der Waals surface area contributed by atoms with E-state index in [2.05, 4.69) is 4.72 Å². The average Bonchev–Trinajstić information content (AvgIpc) is 2.27. The van der Waals surface area contributed by atoms with Gasteiger partial charge in [0.2, 0.25) is 15.9 Å². The van der Waals surface area contributed by atoms with Gasteiger partial charge in [0.1, 0.15) is 5.69 Å². The Morgan fingerprint density at radius 3 is 2.58 bits per heavy atom. The van der Waals surface area contributed by atoms with Crippen molar-refractivity contribution >= 4 is 27.3 Å². The maximum absolute atomic E-state index is 11.8. The molecule has 0 aliphatic heterocycles. The number of nitrogens with one attached hydrogen (secondary N) is 1. The van der Waals surface area contributed by atoms with Gasteiger partial charge < -0.3 is 11.5 Å². The topological polar surface area (TPSA) is 158 Å². The van der Waals surface area contributed by atoms with Gasteiger partial charge in [-0.05, 0) is 12.1 Å². The van der Waals surface area contributed by atoms with E-state index < -0.39 is 26.5 Å². The molecule has 0 spiro atoms. The minimum absolute atomic E-state index is 0.138. The van der Waals surface area contributed by atoms with E-state index in [4.69, 9.17) is 11.5 Å². The first-order chi connectivity index (χ1) is 8.74. The molecule has 1 rings (SSSR count). The van der Waals surface area contributed by atoms with Crippen molar-refractivity contribution in [1.29, 1.82) is 0 Å². The van der Waals surface area contributed by atoms with Gasteiger partial charge in [-0.3, -0.25) is 14.9 Å². The molecule has 1 aromatic rings. The number of primary amides is 1. The molecule has 9 nitrogen and oxygen atoms in total. The van der Waals surface area contributed by atoms with Gasteiger partial charge in [-0.1, -0.05) is 0 Å². The average molecular weight is 288 g/mol. The van der Waals surface area contributed by atoms with Crippen LogP contribution in [0.1, 0.15) is 6.42 Å². The summed E-state index contributed by atoms with van der Waals surface area (Å²) in [6.45, 7) is -0.185. The van der Waals surface area contributed by atoms with Crippen molar-refractivity contribution in [3.05, 3.63) is 28.3 Å². The molecule has 0 heterocycles. The predicted octanol–water partition coefficient (Wildman–Crippen LogP) is -0.669. The highest BCUT2D eigenvalue weighted by Crippen LogP contribution is 2.24. The normalized spacial score (nSPS) is 11.2. The number of amides is 1. The Balaban J connectivity index is 2.99. The summed E-state index contributed by atoms with van der Waals surface area (Å²) in [5, 5.41) is 10.7. The lowest BCUT2D eigenvalue weighted by Crippen LogP contribution is -2.28. The summed E-state index contributed by atoms with van der Waals surface area (Å²) in [5.41, 5.74) is 9.58. The molecule has 0 saturated heterocycles. The van der Waals surface area contributed by atoms with E-state index in [1.165, 1.54) is 0 Å². The fraction of sp³-hybridized carbons (Fsp3) is 0.222. The van der Waals surface area contributed by atoms with E-state index in [1.54, 1.807) is 0 Å². The monoisotopic (exact) mass is 288 g/mol. The standard InChI is InChI=1S/C9H12N4O5S/c10-7-2-1-6(5-8(7)13(15)16)19(17,18)12-4-3-9(11)14/h1-2,5,12H,3-4,10H2,(H2,11,14). The molecule has 0 unspecified atom stereocenters. The molecular weight excluding hydrogens is 276 g/mol. The highest BCUT2D eigenvalue weighted by molar-refractivity contribution is 7.89. The molecule has 1 aromatic carbocycles. The van der Waals surface area contributed by atoms with Crippen LogP contribution in [-0.4, -0.2) is 25.8 Å². The second-order valence-corrected chi connectivity index (χ2v) is 5.36. The van der Waals surface area contributed by atoms with Gasteiger partial charge in [0, 0.05) is 19.0 Å². The van der Waals surface area contributed by atoms with E-state index >= 15 is 0 Å². The van der Waals surface area contributed by atoms with E-state index in [-0.39, 0.29) is 23.5 Å². The van der Waals surface area contributed by atoms with Crippen molar-refractivity contribution < 1.29 is 18.1 Å². The van der Waals surface area contributed by atoms with Gasteiger partial charge in [0.15, 0.2) is 0 Å². The molecular formula is C9H12N4O5S. The van der Waals surface area contributed by atoms with Crippen LogP contribution in [0, 0.1) is 10.1 Å². The molecule has 0 fully saturated rings. The van der Waals surface area contributed by atoms with Gasteiger partial charge in [0.05, 0.1) is 9.82 Å². The fourth-order valence-corrected chi connectivity index (χ4v) is 2.29. The molecule has 5 N–H and O–H groups in total. The molecule has 0 bridgehead atoms. The van der Waals surface area contributed by atoms with E-state index in [0.29, 0.717) is 0 Å². The first-order valence-electron chi connectivity index (χ1n) is 5.06. The first-order valence-corrected chi connectivity index (χ1v) is 6.54. The van der Waals surface area contributed by atoms with Crippen molar-refractivity contribution in [3.8, 4) is 0 Å². The Kier molecular flexibility index (Phi) is 4.40. The number of benzene rings is 1. The van der Waals surface area contributed by atoms with E-state index in [9.17, 15) is 23.3 Å².